The van der Waals surface area contributed by atoms with Gasteiger partial charge in [-0.25, -0.2) is 0 Å². The van der Waals surface area contributed by atoms with Crippen molar-refractivity contribution in [1.82, 2.24) is 0 Å². The molecule has 2 N–H and O–H groups in total. The topological polar surface area (TPSA) is 53.6 Å². The summed E-state index contributed by atoms with van der Waals surface area (Å²) in [6.45, 7) is 1.93. The third kappa shape index (κ3) is 2.59. The van der Waals surface area contributed by atoms with Gasteiger partial charge in [-0.2, -0.15) is 0 Å². The first-order chi connectivity index (χ1) is 11.1. The summed E-state index contributed by atoms with van der Waals surface area (Å²) in [5.74, 6) is 1.90. The van der Waals surface area contributed by atoms with Gasteiger partial charge in [-0.3, -0.25) is 0 Å². The highest BCUT2D eigenvalue weighted by atomic mass is 16.3. The van der Waals surface area contributed by atoms with Crippen molar-refractivity contribution in [2.24, 2.45) is 5.92 Å². The van der Waals surface area contributed by atoms with Crippen LogP contribution in [0.5, 0.6) is 11.5 Å². The molecule has 3 nitrogen and oxygen atoms in total. The Hall–Kier alpha value is -2.68. The van der Waals surface area contributed by atoms with Gasteiger partial charge >= 0.3 is 0 Å². The standard InChI is InChI=1S/C20H18O3/c1-12-10-16(22)11-18-17(9-4-13-2-3-13)20(23-19(12)18)14-5-7-15(21)8-6-14/h4-11,13,21-22H,2-3H2,1H3/b9-4+. The van der Waals surface area contributed by atoms with E-state index >= 15 is 0 Å². The van der Waals surface area contributed by atoms with Crippen molar-refractivity contribution in [2.75, 3.05) is 0 Å². The zero-order valence-electron chi connectivity index (χ0n) is 12.9. The smallest absolute Gasteiger partial charge is 0.142 e. The Balaban J connectivity index is 1.95. The number of hydrogen-bond donors (Lipinski definition) is 2. The maximum atomic E-state index is 9.94. The van der Waals surface area contributed by atoms with Crippen LogP contribution in [0, 0.1) is 12.8 Å². The quantitative estimate of drug-likeness (QED) is 0.695. The number of rotatable bonds is 3. The van der Waals surface area contributed by atoms with E-state index in [0.29, 0.717) is 5.92 Å². The molecular formula is C20H18O3. The van der Waals surface area contributed by atoms with Gasteiger partial charge in [0.05, 0.1) is 0 Å². The Kier molecular flexibility index (Phi) is 3.15. The second kappa shape index (κ2) is 5.20. The van der Waals surface area contributed by atoms with Gasteiger partial charge in [0.25, 0.3) is 0 Å². The number of allylic oxidation sites excluding steroid dienone is 1. The Morgan fingerprint density at radius 1 is 1.04 bits per heavy atom. The molecule has 1 aliphatic carbocycles. The summed E-state index contributed by atoms with van der Waals surface area (Å²) in [5, 5.41) is 20.4. The molecule has 1 aromatic heterocycles. The van der Waals surface area contributed by atoms with Crippen LogP contribution in [-0.2, 0) is 0 Å². The van der Waals surface area contributed by atoms with Crippen LogP contribution >= 0.6 is 0 Å². The van der Waals surface area contributed by atoms with Gasteiger partial charge in [0.15, 0.2) is 0 Å². The number of phenols is 2. The van der Waals surface area contributed by atoms with E-state index in [4.69, 9.17) is 4.42 Å². The number of aryl methyl sites for hydroxylation is 1. The second-order valence-corrected chi connectivity index (χ2v) is 6.23. The average Bonchev–Trinajstić information content (AvgIpc) is 3.27. The van der Waals surface area contributed by atoms with Crippen molar-refractivity contribution in [2.45, 2.75) is 19.8 Å². The van der Waals surface area contributed by atoms with Gasteiger partial charge < -0.3 is 14.6 Å². The lowest BCUT2D eigenvalue weighted by Crippen LogP contribution is -1.79. The first-order valence-corrected chi connectivity index (χ1v) is 7.85. The van der Waals surface area contributed by atoms with Crippen LogP contribution < -0.4 is 0 Å². The van der Waals surface area contributed by atoms with E-state index in [1.807, 2.05) is 19.1 Å². The lowest BCUT2D eigenvalue weighted by atomic mass is 10.0. The van der Waals surface area contributed by atoms with Crippen LogP contribution in [0.15, 0.2) is 46.9 Å². The maximum absolute atomic E-state index is 9.94. The third-order valence-corrected chi connectivity index (χ3v) is 4.28. The summed E-state index contributed by atoms with van der Waals surface area (Å²) < 4.78 is 6.12. The number of benzene rings is 2. The Labute approximate surface area is 134 Å². The molecule has 0 radical (unpaired) electrons. The highest BCUT2D eigenvalue weighted by Gasteiger charge is 2.20. The monoisotopic (exact) mass is 306 g/mol. The molecule has 1 fully saturated rings. The number of phenolic OH excluding ortho intramolecular Hbond substituents is 2. The van der Waals surface area contributed by atoms with E-state index in [9.17, 15) is 10.2 Å². The van der Waals surface area contributed by atoms with E-state index < -0.39 is 0 Å². The highest BCUT2D eigenvalue weighted by Crippen LogP contribution is 2.39. The molecule has 116 valence electrons. The molecule has 0 amide bonds. The van der Waals surface area contributed by atoms with Crippen LogP contribution in [0.1, 0.15) is 24.0 Å². The molecule has 23 heavy (non-hydrogen) atoms. The van der Waals surface area contributed by atoms with Crippen LogP contribution in [0.25, 0.3) is 28.4 Å². The Morgan fingerprint density at radius 3 is 2.48 bits per heavy atom. The Morgan fingerprint density at radius 2 is 1.78 bits per heavy atom. The van der Waals surface area contributed by atoms with Crippen LogP contribution in [-0.4, -0.2) is 10.2 Å². The highest BCUT2D eigenvalue weighted by molar-refractivity contribution is 5.96. The van der Waals surface area contributed by atoms with Gasteiger partial charge in [-0.1, -0.05) is 12.2 Å². The molecule has 3 aromatic rings. The largest absolute Gasteiger partial charge is 0.508 e. The van der Waals surface area contributed by atoms with Crippen LogP contribution in [0.3, 0.4) is 0 Å². The van der Waals surface area contributed by atoms with E-state index in [0.717, 1.165) is 33.4 Å². The summed E-state index contributed by atoms with van der Waals surface area (Å²) in [6, 6.07) is 10.5. The molecule has 1 aliphatic rings. The fourth-order valence-corrected chi connectivity index (χ4v) is 2.88. The van der Waals surface area contributed by atoms with Crippen molar-refractivity contribution < 1.29 is 14.6 Å². The lowest BCUT2D eigenvalue weighted by molar-refractivity contribution is 0.474. The first-order valence-electron chi connectivity index (χ1n) is 7.85. The minimum absolute atomic E-state index is 0.230. The SMILES string of the molecule is Cc1cc(O)cc2c(/C=C/C3CC3)c(-c3ccc(O)cc3)oc12. The summed E-state index contributed by atoms with van der Waals surface area (Å²) in [7, 11) is 0. The molecule has 3 heteroatoms. The minimum atomic E-state index is 0.230. The minimum Gasteiger partial charge on any atom is -0.508 e. The average molecular weight is 306 g/mol. The molecule has 1 saturated carbocycles. The lowest BCUT2D eigenvalue weighted by Gasteiger charge is -2.00. The summed E-state index contributed by atoms with van der Waals surface area (Å²) in [6.07, 6.45) is 6.80. The van der Waals surface area contributed by atoms with Gasteiger partial charge in [0, 0.05) is 16.5 Å². The van der Waals surface area contributed by atoms with Gasteiger partial charge in [0.1, 0.15) is 22.8 Å². The summed E-state index contributed by atoms with van der Waals surface area (Å²) >= 11 is 0. The molecule has 0 atom stereocenters. The van der Waals surface area contributed by atoms with Crippen LogP contribution in [0.2, 0.25) is 0 Å². The zero-order valence-corrected chi connectivity index (χ0v) is 12.9. The fourth-order valence-electron chi connectivity index (χ4n) is 2.88. The van der Waals surface area contributed by atoms with Crippen LogP contribution in [0.4, 0.5) is 0 Å². The summed E-state index contributed by atoms with van der Waals surface area (Å²) in [5.41, 5.74) is 3.59. The van der Waals surface area contributed by atoms with Crippen molar-refractivity contribution in [1.29, 1.82) is 0 Å². The molecule has 0 unspecified atom stereocenters. The molecule has 0 spiro atoms. The molecule has 2 aromatic carbocycles. The van der Waals surface area contributed by atoms with Crippen molar-refractivity contribution >= 4 is 17.0 Å². The van der Waals surface area contributed by atoms with Crippen molar-refractivity contribution in [3.63, 3.8) is 0 Å². The third-order valence-electron chi connectivity index (χ3n) is 4.28. The fraction of sp³-hybridized carbons (Fsp3) is 0.200. The normalized spacial score (nSPS) is 14.8. The van der Waals surface area contributed by atoms with E-state index in [2.05, 4.69) is 12.2 Å². The van der Waals surface area contributed by atoms with E-state index in [1.165, 1.54) is 12.8 Å². The predicted molar refractivity (Wildman–Crippen MR) is 91.5 cm³/mol. The summed E-state index contributed by atoms with van der Waals surface area (Å²) in [4.78, 5) is 0. The number of furan rings is 1. The van der Waals surface area contributed by atoms with Gasteiger partial charge in [-0.05, 0) is 67.6 Å². The number of hydrogen-bond acceptors (Lipinski definition) is 3. The maximum Gasteiger partial charge on any atom is 0.142 e. The van der Waals surface area contributed by atoms with Crippen molar-refractivity contribution in [3.8, 4) is 22.8 Å². The van der Waals surface area contributed by atoms with E-state index in [1.54, 1.807) is 24.3 Å². The predicted octanol–water partition coefficient (Wildman–Crippen LogP) is 5.24. The van der Waals surface area contributed by atoms with Gasteiger partial charge in [-0.15, -0.1) is 0 Å². The number of fused-ring (bicyclic) bond motifs is 1. The van der Waals surface area contributed by atoms with Gasteiger partial charge in [0.2, 0.25) is 0 Å². The molecule has 1 heterocycles. The molecule has 0 aliphatic heterocycles. The van der Waals surface area contributed by atoms with Crippen molar-refractivity contribution in [3.05, 3.63) is 53.6 Å². The first kappa shape index (κ1) is 13.9. The zero-order chi connectivity index (χ0) is 16.0. The molecule has 0 bridgehead atoms. The second-order valence-electron chi connectivity index (χ2n) is 6.23. The van der Waals surface area contributed by atoms with E-state index in [-0.39, 0.29) is 11.5 Å². The number of aromatic hydroxyl groups is 2. The molecule has 0 saturated heterocycles. The Bertz CT molecular complexity index is 897. The molecule has 4 rings (SSSR count). The molecular weight excluding hydrogens is 288 g/mol.